The number of amides is 1. The van der Waals surface area contributed by atoms with Gasteiger partial charge in [0.1, 0.15) is 11.5 Å². The summed E-state index contributed by atoms with van der Waals surface area (Å²) in [5.41, 5.74) is 3.09. The first-order chi connectivity index (χ1) is 12.0. The number of hydrogen-bond donors (Lipinski definition) is 2. The first-order valence-corrected chi connectivity index (χ1v) is 7.90. The van der Waals surface area contributed by atoms with E-state index in [9.17, 15) is 9.90 Å². The van der Waals surface area contributed by atoms with Crippen molar-refractivity contribution in [3.63, 3.8) is 0 Å². The molecular formula is C17H17BrN2O5. The van der Waals surface area contributed by atoms with Crippen LogP contribution in [0, 0.1) is 0 Å². The van der Waals surface area contributed by atoms with E-state index in [1.165, 1.54) is 27.5 Å². The Morgan fingerprint density at radius 2 is 1.72 bits per heavy atom. The highest BCUT2D eigenvalue weighted by Crippen LogP contribution is 2.32. The van der Waals surface area contributed by atoms with Crippen molar-refractivity contribution >= 4 is 28.1 Å². The summed E-state index contributed by atoms with van der Waals surface area (Å²) in [7, 11) is 4.44. The largest absolute Gasteiger partial charge is 0.504 e. The number of benzene rings is 2. The van der Waals surface area contributed by atoms with Crippen LogP contribution in [0.4, 0.5) is 0 Å². The van der Waals surface area contributed by atoms with Gasteiger partial charge in [0.2, 0.25) is 0 Å². The molecule has 8 heteroatoms. The number of hydrogen-bond acceptors (Lipinski definition) is 6. The molecule has 2 rings (SSSR count). The first-order valence-electron chi connectivity index (χ1n) is 7.11. The Morgan fingerprint density at radius 1 is 1.08 bits per heavy atom. The summed E-state index contributed by atoms with van der Waals surface area (Å²) in [6, 6.07) is 8.04. The number of rotatable bonds is 6. The van der Waals surface area contributed by atoms with Gasteiger partial charge in [-0.2, -0.15) is 5.10 Å². The molecular weight excluding hydrogens is 392 g/mol. The maximum atomic E-state index is 12.2. The van der Waals surface area contributed by atoms with Gasteiger partial charge >= 0.3 is 0 Å². The molecule has 0 aliphatic carbocycles. The lowest BCUT2D eigenvalue weighted by atomic mass is 10.2. The molecule has 0 aliphatic rings. The van der Waals surface area contributed by atoms with E-state index < -0.39 is 5.91 Å². The van der Waals surface area contributed by atoms with E-state index in [0.717, 1.165) is 0 Å². The van der Waals surface area contributed by atoms with Gasteiger partial charge in [0.05, 0.1) is 27.5 Å². The second-order valence-corrected chi connectivity index (χ2v) is 5.76. The van der Waals surface area contributed by atoms with Crippen LogP contribution in [-0.2, 0) is 0 Å². The summed E-state index contributed by atoms with van der Waals surface area (Å²) in [5.74, 6) is 0.743. The molecule has 0 atom stereocenters. The Hall–Kier alpha value is -2.74. The predicted molar refractivity (Wildman–Crippen MR) is 97.0 cm³/mol. The number of aromatic hydroxyl groups is 1. The summed E-state index contributed by atoms with van der Waals surface area (Å²) >= 11 is 3.31. The van der Waals surface area contributed by atoms with Crippen LogP contribution in [0.3, 0.4) is 0 Å². The standard InChI is InChI=1S/C17H17BrN2O5/c1-23-13-5-10(6-14(8-13)24-2)17(22)20-19-9-11-4-12(18)7-15(25-3)16(11)21/h4-9,21H,1-3H3,(H,20,22)/b19-9-. The number of carbonyl (C=O) groups is 1. The molecule has 0 heterocycles. The lowest BCUT2D eigenvalue weighted by Gasteiger charge is -2.08. The lowest BCUT2D eigenvalue weighted by molar-refractivity contribution is 0.0954. The van der Waals surface area contributed by atoms with Gasteiger partial charge in [-0.1, -0.05) is 15.9 Å². The average molecular weight is 409 g/mol. The molecule has 2 aromatic carbocycles. The quantitative estimate of drug-likeness (QED) is 0.566. The number of hydrazone groups is 1. The monoisotopic (exact) mass is 408 g/mol. The second kappa shape index (κ2) is 8.39. The Labute approximate surface area is 153 Å². The number of carbonyl (C=O) groups excluding carboxylic acids is 1. The Kier molecular flexibility index (Phi) is 6.24. The predicted octanol–water partition coefficient (Wildman–Crippen LogP) is 2.94. The van der Waals surface area contributed by atoms with Crippen LogP contribution in [-0.4, -0.2) is 38.6 Å². The first kappa shape index (κ1) is 18.6. The van der Waals surface area contributed by atoms with Gasteiger partial charge in [-0.25, -0.2) is 5.43 Å². The molecule has 1 amide bonds. The van der Waals surface area contributed by atoms with Crippen molar-refractivity contribution in [2.75, 3.05) is 21.3 Å². The zero-order valence-electron chi connectivity index (χ0n) is 13.9. The molecule has 0 radical (unpaired) electrons. The molecule has 0 aliphatic heterocycles. The minimum atomic E-state index is -0.449. The van der Waals surface area contributed by atoms with Crippen LogP contribution >= 0.6 is 15.9 Å². The highest BCUT2D eigenvalue weighted by atomic mass is 79.9. The molecule has 0 saturated heterocycles. The number of halogens is 1. The fourth-order valence-corrected chi connectivity index (χ4v) is 2.47. The minimum Gasteiger partial charge on any atom is -0.504 e. The molecule has 132 valence electrons. The molecule has 2 N–H and O–H groups in total. The summed E-state index contributed by atoms with van der Waals surface area (Å²) in [5, 5.41) is 13.9. The molecule has 0 aromatic heterocycles. The van der Waals surface area contributed by atoms with Crippen molar-refractivity contribution in [3.8, 4) is 23.0 Å². The third kappa shape index (κ3) is 4.63. The van der Waals surface area contributed by atoms with E-state index in [2.05, 4.69) is 26.5 Å². The van der Waals surface area contributed by atoms with E-state index in [4.69, 9.17) is 14.2 Å². The highest BCUT2D eigenvalue weighted by molar-refractivity contribution is 9.10. The van der Waals surface area contributed by atoms with Crippen molar-refractivity contribution in [1.82, 2.24) is 5.43 Å². The zero-order valence-corrected chi connectivity index (χ0v) is 15.5. The Morgan fingerprint density at radius 3 is 2.28 bits per heavy atom. The lowest BCUT2D eigenvalue weighted by Crippen LogP contribution is -2.17. The number of phenolic OH excluding ortho intramolecular Hbond substituents is 1. The molecule has 2 aromatic rings. The molecule has 25 heavy (non-hydrogen) atoms. The summed E-state index contributed by atoms with van der Waals surface area (Å²) < 4.78 is 16.0. The van der Waals surface area contributed by atoms with Crippen molar-refractivity contribution in [2.45, 2.75) is 0 Å². The van der Waals surface area contributed by atoms with Crippen molar-refractivity contribution in [3.05, 3.63) is 45.9 Å². The zero-order chi connectivity index (χ0) is 18.4. The molecule has 0 saturated carbocycles. The van der Waals surface area contributed by atoms with Crippen LogP contribution in [0.25, 0.3) is 0 Å². The number of nitrogens with zero attached hydrogens (tertiary/aromatic N) is 1. The van der Waals surface area contributed by atoms with Crippen molar-refractivity contribution < 1.29 is 24.1 Å². The smallest absolute Gasteiger partial charge is 0.271 e. The van der Waals surface area contributed by atoms with E-state index in [1.807, 2.05) is 0 Å². The molecule has 7 nitrogen and oxygen atoms in total. The van der Waals surface area contributed by atoms with E-state index in [0.29, 0.717) is 32.8 Å². The van der Waals surface area contributed by atoms with Gasteiger partial charge in [0, 0.05) is 21.7 Å². The van der Waals surface area contributed by atoms with Crippen LogP contribution in [0.15, 0.2) is 39.9 Å². The van der Waals surface area contributed by atoms with Crippen molar-refractivity contribution in [1.29, 1.82) is 0 Å². The topological polar surface area (TPSA) is 89.4 Å². The number of ether oxygens (including phenoxy) is 3. The number of methoxy groups -OCH3 is 3. The van der Waals surface area contributed by atoms with Gasteiger partial charge in [0.25, 0.3) is 5.91 Å². The molecule has 0 spiro atoms. The number of phenols is 1. The van der Waals surface area contributed by atoms with E-state index >= 15 is 0 Å². The van der Waals surface area contributed by atoms with Gasteiger partial charge in [-0.05, 0) is 24.3 Å². The van der Waals surface area contributed by atoms with E-state index in [1.54, 1.807) is 30.3 Å². The average Bonchev–Trinajstić information content (AvgIpc) is 2.63. The fraction of sp³-hybridized carbons (Fsp3) is 0.176. The van der Waals surface area contributed by atoms with Gasteiger partial charge in [-0.15, -0.1) is 0 Å². The summed E-state index contributed by atoms with van der Waals surface area (Å²) in [6.07, 6.45) is 1.32. The highest BCUT2D eigenvalue weighted by Gasteiger charge is 2.10. The van der Waals surface area contributed by atoms with Crippen LogP contribution < -0.4 is 19.6 Å². The number of nitrogens with one attached hydrogen (secondary N) is 1. The third-order valence-electron chi connectivity index (χ3n) is 3.27. The van der Waals surface area contributed by atoms with Gasteiger partial charge < -0.3 is 19.3 Å². The maximum absolute atomic E-state index is 12.2. The maximum Gasteiger partial charge on any atom is 0.271 e. The Balaban J connectivity index is 2.17. The molecule has 0 fully saturated rings. The van der Waals surface area contributed by atoms with Crippen molar-refractivity contribution in [2.24, 2.45) is 5.10 Å². The van der Waals surface area contributed by atoms with Crippen LogP contribution in [0.5, 0.6) is 23.0 Å². The van der Waals surface area contributed by atoms with Crippen LogP contribution in [0.1, 0.15) is 15.9 Å². The molecule has 0 unspecified atom stereocenters. The summed E-state index contributed by atoms with van der Waals surface area (Å²) in [4.78, 5) is 12.2. The van der Waals surface area contributed by atoms with Gasteiger partial charge in [0.15, 0.2) is 11.5 Å². The van der Waals surface area contributed by atoms with Crippen LogP contribution in [0.2, 0.25) is 0 Å². The SMILES string of the molecule is COc1cc(OC)cc(C(=O)N/N=C\c2cc(Br)cc(OC)c2O)c1. The normalized spacial score (nSPS) is 10.6. The Bertz CT molecular complexity index is 786. The van der Waals surface area contributed by atoms with Gasteiger partial charge in [-0.3, -0.25) is 4.79 Å². The molecule has 0 bridgehead atoms. The summed E-state index contributed by atoms with van der Waals surface area (Å²) in [6.45, 7) is 0. The fourth-order valence-electron chi connectivity index (χ4n) is 2.01. The third-order valence-corrected chi connectivity index (χ3v) is 3.73. The minimum absolute atomic E-state index is 0.0771. The van der Waals surface area contributed by atoms with E-state index in [-0.39, 0.29) is 5.75 Å². The second-order valence-electron chi connectivity index (χ2n) is 4.85.